The number of thiazole rings is 1. The molecular weight excluding hydrogens is 320 g/mol. The highest BCUT2D eigenvalue weighted by Gasteiger charge is 2.31. The van der Waals surface area contributed by atoms with E-state index in [2.05, 4.69) is 21.7 Å². The van der Waals surface area contributed by atoms with Gasteiger partial charge in [0.2, 0.25) is 5.91 Å². The molecule has 3 rings (SSSR count). The molecule has 0 aliphatic carbocycles. The Labute approximate surface area is 147 Å². The van der Waals surface area contributed by atoms with Crippen molar-refractivity contribution in [3.63, 3.8) is 0 Å². The molecule has 1 amide bonds. The maximum Gasteiger partial charge on any atom is 0.244 e. The maximum absolute atomic E-state index is 12.8. The van der Waals surface area contributed by atoms with Crippen LogP contribution in [0.4, 0.5) is 5.13 Å². The zero-order valence-corrected chi connectivity index (χ0v) is 15.3. The van der Waals surface area contributed by atoms with Crippen molar-refractivity contribution >= 4 is 22.4 Å². The quantitative estimate of drug-likeness (QED) is 0.854. The van der Waals surface area contributed by atoms with Gasteiger partial charge in [0.15, 0.2) is 5.13 Å². The first-order valence-corrected chi connectivity index (χ1v) is 9.05. The van der Waals surface area contributed by atoms with Crippen LogP contribution in [0.1, 0.15) is 16.5 Å². The fourth-order valence-electron chi connectivity index (χ4n) is 3.05. The van der Waals surface area contributed by atoms with Crippen LogP contribution in [0.3, 0.4) is 0 Å². The largest absolute Gasteiger partial charge is 0.347 e. The van der Waals surface area contributed by atoms with Crippen molar-refractivity contribution in [2.24, 2.45) is 0 Å². The Morgan fingerprint density at radius 3 is 2.38 bits per heavy atom. The number of aromatic nitrogens is 1. The van der Waals surface area contributed by atoms with E-state index in [1.165, 1.54) is 4.88 Å². The van der Waals surface area contributed by atoms with Gasteiger partial charge < -0.3 is 9.80 Å². The van der Waals surface area contributed by atoms with Crippen molar-refractivity contribution in [3.8, 4) is 0 Å². The van der Waals surface area contributed by atoms with E-state index >= 15 is 0 Å². The van der Waals surface area contributed by atoms with Crippen LogP contribution < -0.4 is 4.90 Å². The molecule has 5 nitrogen and oxygen atoms in total. The first-order chi connectivity index (χ1) is 11.6. The van der Waals surface area contributed by atoms with Crippen molar-refractivity contribution in [2.45, 2.75) is 13.0 Å². The van der Waals surface area contributed by atoms with Gasteiger partial charge in [0.1, 0.15) is 6.04 Å². The Balaban J connectivity index is 1.74. The van der Waals surface area contributed by atoms with Gasteiger partial charge >= 0.3 is 0 Å². The number of rotatable bonds is 4. The molecule has 6 heteroatoms. The van der Waals surface area contributed by atoms with Crippen molar-refractivity contribution in [1.29, 1.82) is 0 Å². The Morgan fingerprint density at radius 1 is 1.17 bits per heavy atom. The van der Waals surface area contributed by atoms with Crippen LogP contribution in [0.2, 0.25) is 0 Å². The molecule has 2 heterocycles. The summed E-state index contributed by atoms with van der Waals surface area (Å²) in [5.74, 6) is 0.139. The minimum atomic E-state index is -0.207. The molecular formula is C18H24N4OS. The van der Waals surface area contributed by atoms with E-state index in [4.69, 9.17) is 0 Å². The molecule has 1 atom stereocenters. The summed E-state index contributed by atoms with van der Waals surface area (Å²) < 4.78 is 0. The molecule has 0 spiro atoms. The zero-order chi connectivity index (χ0) is 17.1. The number of benzene rings is 1. The number of likely N-dealkylation sites (N-methyl/N-ethyl adjacent to an activating group) is 1. The highest BCUT2D eigenvalue weighted by atomic mass is 32.1. The molecule has 1 unspecified atom stereocenters. The van der Waals surface area contributed by atoms with Gasteiger partial charge in [-0.1, -0.05) is 30.3 Å². The highest BCUT2D eigenvalue weighted by Crippen LogP contribution is 2.27. The number of anilines is 1. The molecule has 24 heavy (non-hydrogen) atoms. The minimum Gasteiger partial charge on any atom is -0.347 e. The van der Waals surface area contributed by atoms with Crippen LogP contribution in [0.25, 0.3) is 0 Å². The lowest BCUT2D eigenvalue weighted by atomic mass is 10.0. The van der Waals surface area contributed by atoms with Crippen LogP contribution in [-0.4, -0.2) is 61.0 Å². The topological polar surface area (TPSA) is 39.7 Å². The second kappa shape index (κ2) is 7.32. The number of carbonyl (C=O) groups excluding carboxylic acids is 1. The summed E-state index contributed by atoms with van der Waals surface area (Å²) in [7, 11) is 3.65. The molecule has 1 saturated heterocycles. The van der Waals surface area contributed by atoms with Crippen LogP contribution in [0.15, 0.2) is 36.5 Å². The Hall–Kier alpha value is -1.92. The summed E-state index contributed by atoms with van der Waals surface area (Å²) in [6, 6.07) is 9.87. The number of amides is 1. The van der Waals surface area contributed by atoms with Crippen LogP contribution in [0.5, 0.6) is 0 Å². The van der Waals surface area contributed by atoms with E-state index in [0.717, 1.165) is 36.9 Å². The molecule has 1 fully saturated rings. The smallest absolute Gasteiger partial charge is 0.244 e. The molecule has 1 aliphatic heterocycles. The second-order valence-electron chi connectivity index (χ2n) is 6.32. The molecule has 0 radical (unpaired) electrons. The molecule has 128 valence electrons. The predicted octanol–water partition coefficient (Wildman–Crippen LogP) is 2.40. The number of hydrogen-bond donors (Lipinski definition) is 0. The molecule has 0 N–H and O–H groups in total. The van der Waals surface area contributed by atoms with Gasteiger partial charge in [0.25, 0.3) is 0 Å². The van der Waals surface area contributed by atoms with Gasteiger partial charge in [-0.2, -0.15) is 0 Å². The first-order valence-electron chi connectivity index (χ1n) is 8.24. The van der Waals surface area contributed by atoms with Gasteiger partial charge in [0, 0.05) is 51.3 Å². The first kappa shape index (κ1) is 16.9. The maximum atomic E-state index is 12.8. The monoisotopic (exact) mass is 344 g/mol. The van der Waals surface area contributed by atoms with Crippen LogP contribution in [-0.2, 0) is 4.79 Å². The van der Waals surface area contributed by atoms with E-state index in [1.54, 1.807) is 16.2 Å². The average Bonchev–Trinajstić information content (AvgIpc) is 3.03. The normalized spacial score (nSPS) is 16.9. The van der Waals surface area contributed by atoms with Gasteiger partial charge in [-0.05, 0) is 12.5 Å². The summed E-state index contributed by atoms with van der Waals surface area (Å²) in [4.78, 5) is 24.8. The molecule has 1 aliphatic rings. The second-order valence-corrected chi connectivity index (χ2v) is 7.54. The van der Waals surface area contributed by atoms with Gasteiger partial charge in [-0.15, -0.1) is 11.3 Å². The van der Waals surface area contributed by atoms with Gasteiger partial charge in [-0.25, -0.2) is 4.98 Å². The summed E-state index contributed by atoms with van der Waals surface area (Å²) in [6.07, 6.45) is 1.93. The molecule has 1 aromatic carbocycles. The lowest BCUT2D eigenvalue weighted by molar-refractivity contribution is -0.134. The van der Waals surface area contributed by atoms with E-state index in [0.29, 0.717) is 0 Å². The van der Waals surface area contributed by atoms with Crippen molar-refractivity contribution < 1.29 is 4.79 Å². The molecule has 1 aromatic heterocycles. The van der Waals surface area contributed by atoms with Crippen molar-refractivity contribution in [1.82, 2.24) is 14.8 Å². The summed E-state index contributed by atoms with van der Waals surface area (Å²) in [6.45, 7) is 5.60. The third-order valence-corrected chi connectivity index (χ3v) is 5.32. The van der Waals surface area contributed by atoms with Crippen molar-refractivity contribution in [3.05, 3.63) is 47.0 Å². The summed E-state index contributed by atoms with van der Waals surface area (Å²) in [5, 5.41) is 1.09. The number of carbonyl (C=O) groups is 1. The van der Waals surface area contributed by atoms with Crippen LogP contribution >= 0.6 is 11.3 Å². The number of aryl methyl sites for hydroxylation is 1. The Morgan fingerprint density at radius 2 is 1.83 bits per heavy atom. The fourth-order valence-corrected chi connectivity index (χ4v) is 3.86. The van der Waals surface area contributed by atoms with E-state index in [-0.39, 0.29) is 11.9 Å². The number of hydrogen-bond acceptors (Lipinski definition) is 5. The Kier molecular flexibility index (Phi) is 5.16. The van der Waals surface area contributed by atoms with E-state index in [9.17, 15) is 4.79 Å². The summed E-state index contributed by atoms with van der Waals surface area (Å²) >= 11 is 1.73. The zero-order valence-electron chi connectivity index (χ0n) is 14.5. The van der Waals surface area contributed by atoms with Crippen molar-refractivity contribution in [2.75, 3.05) is 45.2 Å². The third-order valence-electron chi connectivity index (χ3n) is 4.35. The van der Waals surface area contributed by atoms with Crippen LogP contribution in [0, 0.1) is 6.92 Å². The molecule has 0 bridgehead atoms. The van der Waals surface area contributed by atoms with E-state index < -0.39 is 0 Å². The highest BCUT2D eigenvalue weighted by molar-refractivity contribution is 7.15. The van der Waals surface area contributed by atoms with Gasteiger partial charge in [0.05, 0.1) is 0 Å². The Bertz CT molecular complexity index is 677. The lowest BCUT2D eigenvalue weighted by Gasteiger charge is -2.39. The summed E-state index contributed by atoms with van der Waals surface area (Å²) in [5.41, 5.74) is 1.06. The average molecular weight is 344 g/mol. The lowest BCUT2D eigenvalue weighted by Crippen LogP contribution is -2.51. The molecule has 2 aromatic rings. The molecule has 0 saturated carbocycles. The van der Waals surface area contributed by atoms with Gasteiger partial charge in [-0.3, -0.25) is 9.69 Å². The SMILES string of the molecule is Cc1cnc(N2CCN(C(C(=O)N(C)C)c3ccccc3)CC2)s1. The standard InChI is InChI=1S/C18H24N4OS/c1-14-13-19-18(24-14)22-11-9-21(10-12-22)16(17(23)20(2)3)15-7-5-4-6-8-15/h4-8,13,16H,9-12H2,1-3H3. The van der Waals surface area contributed by atoms with E-state index in [1.807, 2.05) is 50.6 Å². The third kappa shape index (κ3) is 3.60. The predicted molar refractivity (Wildman–Crippen MR) is 98.5 cm³/mol. The number of nitrogens with zero attached hydrogens (tertiary/aromatic N) is 4. The minimum absolute atomic E-state index is 0.139. The fraction of sp³-hybridized carbons (Fsp3) is 0.444. The number of piperazine rings is 1.